The second kappa shape index (κ2) is 7.57. The summed E-state index contributed by atoms with van der Waals surface area (Å²) in [6.07, 6.45) is 0.112. The first-order valence-electron chi connectivity index (χ1n) is 6.40. The standard InChI is InChI=1S/C14H18F2N2O2/c1-9(2)8-18-13(19)5-6-17-14(20)11-4-3-10(15)7-12(11)16/h3-4,7,9H,5-6,8H2,1-2H3,(H,17,20)(H,18,19). The van der Waals surface area contributed by atoms with Crippen molar-refractivity contribution >= 4 is 11.8 Å². The molecule has 0 aromatic heterocycles. The maximum absolute atomic E-state index is 13.3. The third-order valence-corrected chi connectivity index (χ3v) is 2.52. The molecule has 0 unspecified atom stereocenters. The van der Waals surface area contributed by atoms with E-state index in [1.807, 2.05) is 13.8 Å². The van der Waals surface area contributed by atoms with Gasteiger partial charge in [0.1, 0.15) is 11.6 Å². The monoisotopic (exact) mass is 284 g/mol. The average molecular weight is 284 g/mol. The molecule has 1 aromatic rings. The maximum Gasteiger partial charge on any atom is 0.254 e. The minimum atomic E-state index is -0.924. The van der Waals surface area contributed by atoms with Crippen molar-refractivity contribution < 1.29 is 18.4 Å². The summed E-state index contributed by atoms with van der Waals surface area (Å²) in [7, 11) is 0. The van der Waals surface area contributed by atoms with E-state index in [9.17, 15) is 18.4 Å². The van der Waals surface area contributed by atoms with Gasteiger partial charge >= 0.3 is 0 Å². The fraction of sp³-hybridized carbons (Fsp3) is 0.429. The number of amides is 2. The van der Waals surface area contributed by atoms with Crippen LogP contribution in [-0.2, 0) is 4.79 Å². The van der Waals surface area contributed by atoms with Crippen LogP contribution in [0, 0.1) is 17.6 Å². The number of carbonyl (C=O) groups is 2. The van der Waals surface area contributed by atoms with Gasteiger partial charge in [0.15, 0.2) is 0 Å². The van der Waals surface area contributed by atoms with Crippen molar-refractivity contribution in [3.63, 3.8) is 0 Å². The van der Waals surface area contributed by atoms with Gasteiger partial charge in [-0.25, -0.2) is 8.78 Å². The molecule has 0 aliphatic rings. The lowest BCUT2D eigenvalue weighted by Gasteiger charge is -2.08. The highest BCUT2D eigenvalue weighted by Crippen LogP contribution is 2.09. The van der Waals surface area contributed by atoms with Gasteiger partial charge in [-0.2, -0.15) is 0 Å². The Morgan fingerprint density at radius 3 is 2.50 bits per heavy atom. The van der Waals surface area contributed by atoms with Gasteiger partial charge in [-0.3, -0.25) is 9.59 Å². The molecule has 0 fully saturated rings. The third kappa shape index (κ3) is 5.34. The Bertz CT molecular complexity index is 490. The van der Waals surface area contributed by atoms with Gasteiger partial charge in [-0.05, 0) is 18.1 Å². The van der Waals surface area contributed by atoms with Crippen LogP contribution in [-0.4, -0.2) is 24.9 Å². The van der Waals surface area contributed by atoms with Gasteiger partial charge in [-0.1, -0.05) is 13.8 Å². The Morgan fingerprint density at radius 1 is 1.20 bits per heavy atom. The van der Waals surface area contributed by atoms with E-state index in [-0.39, 0.29) is 24.4 Å². The van der Waals surface area contributed by atoms with Gasteiger partial charge in [-0.15, -0.1) is 0 Å². The Balaban J connectivity index is 2.38. The van der Waals surface area contributed by atoms with E-state index in [1.54, 1.807) is 0 Å². The fourth-order valence-electron chi connectivity index (χ4n) is 1.46. The van der Waals surface area contributed by atoms with Crippen LogP contribution >= 0.6 is 0 Å². The van der Waals surface area contributed by atoms with E-state index >= 15 is 0 Å². The largest absolute Gasteiger partial charge is 0.356 e. The highest BCUT2D eigenvalue weighted by Gasteiger charge is 2.12. The molecule has 1 rings (SSSR count). The highest BCUT2D eigenvalue weighted by atomic mass is 19.1. The number of rotatable bonds is 6. The molecule has 110 valence electrons. The minimum absolute atomic E-state index is 0.0968. The third-order valence-electron chi connectivity index (χ3n) is 2.52. The van der Waals surface area contributed by atoms with Gasteiger partial charge < -0.3 is 10.6 Å². The van der Waals surface area contributed by atoms with E-state index < -0.39 is 17.5 Å². The molecular weight excluding hydrogens is 266 g/mol. The maximum atomic E-state index is 13.3. The summed E-state index contributed by atoms with van der Waals surface area (Å²) in [6, 6.07) is 2.72. The molecule has 20 heavy (non-hydrogen) atoms. The lowest BCUT2D eigenvalue weighted by molar-refractivity contribution is -0.121. The van der Waals surface area contributed by atoms with Crippen LogP contribution in [0.4, 0.5) is 8.78 Å². The Labute approximate surface area is 116 Å². The van der Waals surface area contributed by atoms with Crippen molar-refractivity contribution in [1.82, 2.24) is 10.6 Å². The first-order valence-corrected chi connectivity index (χ1v) is 6.40. The molecule has 4 nitrogen and oxygen atoms in total. The van der Waals surface area contributed by atoms with Crippen LogP contribution in [0.2, 0.25) is 0 Å². The first-order chi connectivity index (χ1) is 9.40. The summed E-state index contributed by atoms with van der Waals surface area (Å²) in [5, 5.41) is 5.12. The summed E-state index contributed by atoms with van der Waals surface area (Å²) >= 11 is 0. The van der Waals surface area contributed by atoms with Crippen molar-refractivity contribution in [3.8, 4) is 0 Å². The molecule has 0 spiro atoms. The molecular formula is C14H18F2N2O2. The minimum Gasteiger partial charge on any atom is -0.356 e. The van der Waals surface area contributed by atoms with Gasteiger partial charge in [0.25, 0.3) is 5.91 Å². The zero-order chi connectivity index (χ0) is 15.1. The highest BCUT2D eigenvalue weighted by molar-refractivity contribution is 5.94. The van der Waals surface area contributed by atoms with Gasteiger partial charge in [0.05, 0.1) is 5.56 Å². The van der Waals surface area contributed by atoms with Crippen molar-refractivity contribution in [1.29, 1.82) is 0 Å². The summed E-state index contributed by atoms with van der Waals surface area (Å²) < 4.78 is 26.0. The molecule has 0 saturated carbocycles. The summed E-state index contributed by atoms with van der Waals surface area (Å²) in [5.41, 5.74) is -0.242. The smallest absolute Gasteiger partial charge is 0.254 e. The SMILES string of the molecule is CC(C)CNC(=O)CCNC(=O)c1ccc(F)cc1F. The predicted octanol–water partition coefficient (Wildman–Crippen LogP) is 1.86. The van der Waals surface area contributed by atoms with Crippen molar-refractivity contribution in [2.45, 2.75) is 20.3 Å². The lowest BCUT2D eigenvalue weighted by atomic mass is 10.2. The fourth-order valence-corrected chi connectivity index (χ4v) is 1.46. The average Bonchev–Trinajstić information content (AvgIpc) is 2.36. The Morgan fingerprint density at radius 2 is 1.90 bits per heavy atom. The number of benzene rings is 1. The van der Waals surface area contributed by atoms with Crippen LogP contribution < -0.4 is 10.6 Å². The van der Waals surface area contributed by atoms with Crippen LogP contribution in [0.3, 0.4) is 0 Å². The number of nitrogens with one attached hydrogen (secondary N) is 2. The van der Waals surface area contributed by atoms with Gasteiger partial charge in [0.2, 0.25) is 5.91 Å². The summed E-state index contributed by atoms with van der Waals surface area (Å²) in [5.74, 6) is -2.17. The van der Waals surface area contributed by atoms with Crippen molar-refractivity contribution in [2.75, 3.05) is 13.1 Å². The second-order valence-corrected chi connectivity index (χ2v) is 4.83. The molecule has 0 heterocycles. The molecule has 6 heteroatoms. The molecule has 2 N–H and O–H groups in total. The second-order valence-electron chi connectivity index (χ2n) is 4.83. The zero-order valence-corrected chi connectivity index (χ0v) is 11.5. The predicted molar refractivity (Wildman–Crippen MR) is 71.2 cm³/mol. The number of halogens is 2. The van der Waals surface area contributed by atoms with Crippen LogP contribution in [0.25, 0.3) is 0 Å². The molecule has 0 radical (unpaired) electrons. The molecule has 0 aliphatic carbocycles. The molecule has 2 amide bonds. The number of carbonyl (C=O) groups excluding carboxylic acids is 2. The van der Waals surface area contributed by atoms with E-state index in [1.165, 1.54) is 0 Å². The summed E-state index contributed by atoms with van der Waals surface area (Å²) in [6.45, 7) is 4.61. The van der Waals surface area contributed by atoms with Gasteiger partial charge in [0, 0.05) is 25.6 Å². The zero-order valence-electron chi connectivity index (χ0n) is 11.5. The van der Waals surface area contributed by atoms with Crippen molar-refractivity contribution in [2.24, 2.45) is 5.92 Å². The number of hydrogen-bond acceptors (Lipinski definition) is 2. The Kier molecular flexibility index (Phi) is 6.09. The normalized spacial score (nSPS) is 10.4. The number of hydrogen-bond donors (Lipinski definition) is 2. The van der Waals surface area contributed by atoms with Crippen molar-refractivity contribution in [3.05, 3.63) is 35.4 Å². The van der Waals surface area contributed by atoms with E-state index in [4.69, 9.17) is 0 Å². The Hall–Kier alpha value is -1.98. The lowest BCUT2D eigenvalue weighted by Crippen LogP contribution is -2.32. The molecule has 0 aliphatic heterocycles. The topological polar surface area (TPSA) is 58.2 Å². The first kappa shape index (κ1) is 16.1. The summed E-state index contributed by atoms with van der Waals surface area (Å²) in [4.78, 5) is 23.0. The van der Waals surface area contributed by atoms with E-state index in [2.05, 4.69) is 10.6 Å². The molecule has 0 atom stereocenters. The molecule has 0 bridgehead atoms. The van der Waals surface area contributed by atoms with Crippen LogP contribution in [0.1, 0.15) is 30.6 Å². The van der Waals surface area contributed by atoms with E-state index in [0.717, 1.165) is 12.1 Å². The van der Waals surface area contributed by atoms with E-state index in [0.29, 0.717) is 18.5 Å². The quantitative estimate of drug-likeness (QED) is 0.837. The van der Waals surface area contributed by atoms with Crippen LogP contribution in [0.5, 0.6) is 0 Å². The molecule has 1 aromatic carbocycles. The van der Waals surface area contributed by atoms with Crippen LogP contribution in [0.15, 0.2) is 18.2 Å². The molecule has 0 saturated heterocycles.